The van der Waals surface area contributed by atoms with E-state index >= 15 is 0 Å². The lowest BCUT2D eigenvalue weighted by atomic mass is 9.94. The summed E-state index contributed by atoms with van der Waals surface area (Å²) in [6.07, 6.45) is 0.843. The van der Waals surface area contributed by atoms with Gasteiger partial charge in [0.15, 0.2) is 6.10 Å². The summed E-state index contributed by atoms with van der Waals surface area (Å²) < 4.78 is 51.4. The predicted molar refractivity (Wildman–Crippen MR) is 157 cm³/mol. The molecule has 0 radical (unpaired) electrons. The Hall–Kier alpha value is -4.05. The number of fused-ring (bicyclic) bond motifs is 1. The molecular weight excluding hydrogens is 560 g/mol. The van der Waals surface area contributed by atoms with E-state index in [0.29, 0.717) is 30.3 Å². The summed E-state index contributed by atoms with van der Waals surface area (Å²) in [5.74, 6) is 1.12. The van der Waals surface area contributed by atoms with Crippen LogP contribution < -0.4 is 14.2 Å². The van der Waals surface area contributed by atoms with Crippen molar-refractivity contribution in [2.75, 3.05) is 18.6 Å². The van der Waals surface area contributed by atoms with Gasteiger partial charge in [0, 0.05) is 37.3 Å². The van der Waals surface area contributed by atoms with Crippen LogP contribution in [0.15, 0.2) is 54.6 Å². The monoisotopic (exact) mass is 596 g/mol. The van der Waals surface area contributed by atoms with Gasteiger partial charge in [0.1, 0.15) is 46.4 Å². The topological polar surface area (TPSA) is 114 Å². The minimum absolute atomic E-state index is 0.0473. The maximum absolute atomic E-state index is 11.6. The summed E-state index contributed by atoms with van der Waals surface area (Å²) in [4.78, 5) is 23.1. The predicted octanol–water partition coefficient (Wildman–Crippen LogP) is 5.50. The number of ether oxygens (including phenoxy) is 5. The van der Waals surface area contributed by atoms with E-state index in [4.69, 9.17) is 23.7 Å². The van der Waals surface area contributed by atoms with E-state index in [1.165, 1.54) is 20.1 Å². The van der Waals surface area contributed by atoms with Gasteiger partial charge in [0.05, 0.1) is 12.4 Å². The highest BCUT2D eigenvalue weighted by Gasteiger charge is 2.34. The molecule has 0 N–H and O–H groups in total. The largest absolute Gasteiger partial charge is 0.494 e. The Morgan fingerprint density at radius 1 is 0.929 bits per heavy atom. The lowest BCUT2D eigenvalue weighted by Gasteiger charge is -2.17. The number of hydrogen-bond donors (Lipinski definition) is 0. The molecular formula is C32H36O9S. The normalized spacial score (nSPS) is 15.8. The lowest BCUT2D eigenvalue weighted by Crippen LogP contribution is -2.18. The van der Waals surface area contributed by atoms with E-state index < -0.39 is 21.9 Å². The van der Waals surface area contributed by atoms with E-state index in [9.17, 15) is 18.0 Å². The van der Waals surface area contributed by atoms with Crippen molar-refractivity contribution in [1.29, 1.82) is 0 Å². The molecule has 1 aliphatic rings. The second-order valence-electron chi connectivity index (χ2n) is 10.4. The Morgan fingerprint density at radius 2 is 1.71 bits per heavy atom. The highest BCUT2D eigenvalue weighted by Crippen LogP contribution is 2.41. The fourth-order valence-corrected chi connectivity index (χ4v) is 5.55. The second-order valence-corrected chi connectivity index (χ2v) is 12.7. The number of benzene rings is 3. The van der Waals surface area contributed by atoms with Gasteiger partial charge in [0.2, 0.25) is 0 Å². The molecule has 0 saturated heterocycles. The molecule has 0 spiro atoms. The van der Waals surface area contributed by atoms with Crippen molar-refractivity contribution in [1.82, 2.24) is 0 Å². The first-order valence-electron chi connectivity index (χ1n) is 13.7. The average Bonchev–Trinajstić information content (AvgIpc) is 3.21. The molecule has 0 saturated carbocycles. The van der Waals surface area contributed by atoms with Gasteiger partial charge in [-0.2, -0.15) is 0 Å². The molecule has 9 nitrogen and oxygen atoms in total. The molecule has 42 heavy (non-hydrogen) atoms. The van der Waals surface area contributed by atoms with Crippen LogP contribution in [0.3, 0.4) is 0 Å². The molecule has 0 aliphatic carbocycles. The Balaban J connectivity index is 1.51. The van der Waals surface area contributed by atoms with Gasteiger partial charge in [-0.15, -0.1) is 0 Å². The van der Waals surface area contributed by atoms with Gasteiger partial charge in [-0.05, 0) is 72.9 Å². The van der Waals surface area contributed by atoms with Gasteiger partial charge in [-0.25, -0.2) is 8.42 Å². The Kier molecular flexibility index (Phi) is 9.78. The molecule has 1 unspecified atom stereocenters. The first-order chi connectivity index (χ1) is 19.9. The third-order valence-electron chi connectivity index (χ3n) is 6.69. The van der Waals surface area contributed by atoms with E-state index in [1.54, 1.807) is 6.07 Å². The number of sulfone groups is 1. The summed E-state index contributed by atoms with van der Waals surface area (Å²) in [6, 6.07) is 17.1. The molecule has 10 heteroatoms. The van der Waals surface area contributed by atoms with Crippen molar-refractivity contribution in [3.8, 4) is 28.4 Å². The van der Waals surface area contributed by atoms with Crippen LogP contribution in [-0.2, 0) is 42.1 Å². The van der Waals surface area contributed by atoms with E-state index in [1.807, 2.05) is 62.4 Å². The van der Waals surface area contributed by atoms with Gasteiger partial charge < -0.3 is 23.7 Å². The Morgan fingerprint density at radius 3 is 2.43 bits per heavy atom. The van der Waals surface area contributed by atoms with Gasteiger partial charge in [0.25, 0.3) is 0 Å². The van der Waals surface area contributed by atoms with Crippen LogP contribution in [0.4, 0.5) is 0 Å². The summed E-state index contributed by atoms with van der Waals surface area (Å²) in [5, 5.41) is 0. The van der Waals surface area contributed by atoms with Crippen LogP contribution in [0, 0.1) is 6.92 Å². The summed E-state index contributed by atoms with van der Waals surface area (Å²) in [6.45, 7) is 7.16. The molecule has 0 fully saturated rings. The van der Waals surface area contributed by atoms with Gasteiger partial charge >= 0.3 is 11.9 Å². The zero-order chi connectivity index (χ0) is 30.4. The molecule has 0 amide bonds. The fourth-order valence-electron chi connectivity index (χ4n) is 4.90. The van der Waals surface area contributed by atoms with Crippen molar-refractivity contribution in [2.45, 2.75) is 59.5 Å². The molecule has 3 aromatic rings. The third kappa shape index (κ3) is 8.25. The van der Waals surface area contributed by atoms with Crippen LogP contribution >= 0.6 is 0 Å². The van der Waals surface area contributed by atoms with Gasteiger partial charge in [-0.1, -0.05) is 18.2 Å². The standard InChI is InChI=1S/C32H36O9S/c1-20-14-28(37-12-7-13-42(5,35)36)16-26(19-38-22(3)33)31(20)25-9-6-8-24(15-25)18-39-27-10-11-29-30(17-27)40-21(2)32(29)41-23(4)34/h6,8-11,14-17,21,32H,7,12-13,18-19H2,1-5H3/t21?,32-/m1/s1. The minimum atomic E-state index is -3.06. The smallest absolute Gasteiger partial charge is 0.303 e. The molecule has 1 heterocycles. The second kappa shape index (κ2) is 13.3. The van der Waals surface area contributed by atoms with Crippen molar-refractivity contribution in [3.63, 3.8) is 0 Å². The molecule has 4 rings (SSSR count). The van der Waals surface area contributed by atoms with Crippen LogP contribution in [0.2, 0.25) is 0 Å². The highest BCUT2D eigenvalue weighted by molar-refractivity contribution is 7.90. The van der Waals surface area contributed by atoms with Crippen LogP contribution in [0.5, 0.6) is 17.2 Å². The Labute approximate surface area is 246 Å². The summed E-state index contributed by atoms with van der Waals surface area (Å²) in [5.41, 5.74) is 5.27. The number of aryl methyl sites for hydroxylation is 1. The van der Waals surface area contributed by atoms with Crippen molar-refractivity contribution < 1.29 is 41.7 Å². The number of rotatable bonds is 12. The van der Waals surface area contributed by atoms with Crippen molar-refractivity contribution in [2.24, 2.45) is 0 Å². The maximum Gasteiger partial charge on any atom is 0.303 e. The molecule has 224 valence electrons. The first kappa shape index (κ1) is 30.9. The summed E-state index contributed by atoms with van der Waals surface area (Å²) >= 11 is 0. The van der Waals surface area contributed by atoms with E-state index in [0.717, 1.165) is 33.4 Å². The lowest BCUT2D eigenvalue weighted by molar-refractivity contribution is -0.149. The molecule has 0 bridgehead atoms. The number of hydrogen-bond acceptors (Lipinski definition) is 9. The van der Waals surface area contributed by atoms with Crippen LogP contribution in [-0.4, -0.2) is 45.1 Å². The summed E-state index contributed by atoms with van der Waals surface area (Å²) in [7, 11) is -3.06. The SMILES string of the molecule is CC(=O)OCc1cc(OCCCS(C)(=O)=O)cc(C)c1-c1cccc(COc2ccc3c(c2)OC(C)[C@H]3OC(C)=O)c1. The number of carbonyl (C=O) groups is 2. The molecule has 2 atom stereocenters. The van der Waals surface area contributed by atoms with Crippen molar-refractivity contribution >= 4 is 21.8 Å². The molecule has 3 aromatic carbocycles. The van der Waals surface area contributed by atoms with Crippen molar-refractivity contribution in [3.05, 3.63) is 76.9 Å². The maximum atomic E-state index is 11.6. The molecule has 1 aliphatic heterocycles. The third-order valence-corrected chi connectivity index (χ3v) is 7.72. The zero-order valence-electron chi connectivity index (χ0n) is 24.5. The van der Waals surface area contributed by atoms with E-state index in [-0.39, 0.29) is 31.0 Å². The first-order valence-corrected chi connectivity index (χ1v) is 15.7. The van der Waals surface area contributed by atoms with Gasteiger partial charge in [-0.3, -0.25) is 9.59 Å². The average molecular weight is 597 g/mol. The highest BCUT2D eigenvalue weighted by atomic mass is 32.2. The van der Waals surface area contributed by atoms with Crippen LogP contribution in [0.1, 0.15) is 55.5 Å². The number of esters is 2. The molecule has 0 aromatic heterocycles. The van der Waals surface area contributed by atoms with E-state index in [2.05, 4.69) is 0 Å². The quantitative estimate of drug-likeness (QED) is 0.197. The fraction of sp³-hybridized carbons (Fsp3) is 0.375. The minimum Gasteiger partial charge on any atom is -0.494 e. The number of carbonyl (C=O) groups excluding carboxylic acids is 2. The van der Waals surface area contributed by atoms with Crippen LogP contribution in [0.25, 0.3) is 11.1 Å². The zero-order valence-corrected chi connectivity index (χ0v) is 25.3. The Bertz CT molecular complexity index is 1560.